The van der Waals surface area contributed by atoms with Gasteiger partial charge in [-0.2, -0.15) is 0 Å². The summed E-state index contributed by atoms with van der Waals surface area (Å²) in [5.41, 5.74) is 4.21. The van der Waals surface area contributed by atoms with E-state index in [-0.39, 0.29) is 12.0 Å². The van der Waals surface area contributed by atoms with Gasteiger partial charge in [0.2, 0.25) is 0 Å². The molecule has 2 N–H and O–H groups in total. The first-order valence-electron chi connectivity index (χ1n) is 10.6. The van der Waals surface area contributed by atoms with Gasteiger partial charge in [0.15, 0.2) is 0 Å². The number of likely N-dealkylation sites (tertiary alicyclic amines) is 1. The second kappa shape index (κ2) is 8.99. The minimum Gasteiger partial charge on any atom is -0.463 e. The second-order valence-corrected chi connectivity index (χ2v) is 8.64. The smallest absolute Gasteiger partial charge is 0.338 e. The average molecular weight is 400 g/mol. The molecule has 1 aromatic rings. The van der Waals surface area contributed by atoms with Crippen molar-refractivity contribution < 1.29 is 14.3 Å². The maximum atomic E-state index is 13.0. The van der Waals surface area contributed by atoms with Crippen molar-refractivity contribution in [3.8, 4) is 0 Å². The normalized spacial score (nSPS) is 25.4. The van der Waals surface area contributed by atoms with Crippen molar-refractivity contribution in [3.05, 3.63) is 46.2 Å². The van der Waals surface area contributed by atoms with Crippen LogP contribution in [-0.2, 0) is 9.53 Å². The number of rotatable bonds is 5. The number of carbonyl (C=O) groups is 2. The number of carbonyl (C=O) groups excluding carboxylic acids is 2. The van der Waals surface area contributed by atoms with Crippen LogP contribution in [0.15, 0.2) is 29.5 Å². The molecule has 0 aliphatic carbocycles. The highest BCUT2D eigenvalue weighted by molar-refractivity contribution is 5.95. The molecule has 1 fully saturated rings. The quantitative estimate of drug-likeness (QED) is 0.744. The summed E-state index contributed by atoms with van der Waals surface area (Å²) < 4.78 is 5.39. The lowest BCUT2D eigenvalue weighted by atomic mass is 9.89. The van der Waals surface area contributed by atoms with Gasteiger partial charge in [-0.25, -0.2) is 9.59 Å². The fourth-order valence-electron chi connectivity index (χ4n) is 4.64. The zero-order valence-electron chi connectivity index (χ0n) is 18.2. The maximum Gasteiger partial charge on any atom is 0.338 e. The Hall–Kier alpha value is -2.34. The minimum absolute atomic E-state index is 0.280. The fraction of sp³-hybridized carbons (Fsp3) is 0.565. The molecule has 3 atom stereocenters. The number of piperidine rings is 1. The number of esters is 1. The molecule has 0 bridgehead atoms. The lowest BCUT2D eigenvalue weighted by molar-refractivity contribution is -0.139. The molecular formula is C23H33N3O3. The molecule has 1 aromatic carbocycles. The highest BCUT2D eigenvalue weighted by Crippen LogP contribution is 2.31. The minimum atomic E-state index is -0.516. The molecular weight excluding hydrogens is 366 g/mol. The van der Waals surface area contributed by atoms with Crippen LogP contribution in [0.3, 0.4) is 0 Å². The van der Waals surface area contributed by atoms with Crippen molar-refractivity contribution in [3.63, 3.8) is 0 Å². The van der Waals surface area contributed by atoms with Crippen LogP contribution in [0.25, 0.3) is 0 Å². The van der Waals surface area contributed by atoms with E-state index >= 15 is 0 Å². The van der Waals surface area contributed by atoms with Crippen molar-refractivity contribution >= 4 is 12.0 Å². The zero-order valence-corrected chi connectivity index (χ0v) is 18.2. The molecule has 158 valence electrons. The molecule has 1 saturated heterocycles. The lowest BCUT2D eigenvalue weighted by Crippen LogP contribution is -2.50. The first kappa shape index (κ1) is 21.4. The highest BCUT2D eigenvalue weighted by Gasteiger charge is 2.35. The van der Waals surface area contributed by atoms with Gasteiger partial charge in [0.25, 0.3) is 0 Å². The van der Waals surface area contributed by atoms with Crippen LogP contribution in [0.1, 0.15) is 49.9 Å². The Kier molecular flexibility index (Phi) is 6.63. The standard InChI is InChI=1S/C23H33N3O3/c1-6-29-22(27)20-19(13-26-11-15(3)9-16(4)12-26)24-23(28)25-21(20)18-10-14(2)7-8-17(18)5/h7-8,10,15-16,21H,6,9,11-13H2,1-5H3,(H2,24,25,28)/t15-,16-,21-/m0/s1. The van der Waals surface area contributed by atoms with Gasteiger partial charge in [-0.05, 0) is 50.2 Å². The molecule has 0 spiro atoms. The van der Waals surface area contributed by atoms with E-state index < -0.39 is 6.04 Å². The van der Waals surface area contributed by atoms with Crippen LogP contribution < -0.4 is 10.6 Å². The first-order valence-corrected chi connectivity index (χ1v) is 10.6. The molecule has 29 heavy (non-hydrogen) atoms. The van der Waals surface area contributed by atoms with E-state index in [0.29, 0.717) is 36.3 Å². The van der Waals surface area contributed by atoms with Crippen molar-refractivity contribution in [1.29, 1.82) is 0 Å². The summed E-state index contributed by atoms with van der Waals surface area (Å²) in [6.07, 6.45) is 1.21. The third-order valence-corrected chi connectivity index (χ3v) is 5.72. The number of hydrogen-bond acceptors (Lipinski definition) is 4. The summed E-state index contributed by atoms with van der Waals surface area (Å²) in [5.74, 6) is 0.814. The molecule has 2 heterocycles. The van der Waals surface area contributed by atoms with Crippen LogP contribution in [0.4, 0.5) is 4.79 Å². The summed E-state index contributed by atoms with van der Waals surface area (Å²) in [5, 5.41) is 5.85. The average Bonchev–Trinajstić information content (AvgIpc) is 2.62. The van der Waals surface area contributed by atoms with Gasteiger partial charge >= 0.3 is 12.0 Å². The predicted octanol–water partition coefficient (Wildman–Crippen LogP) is 3.45. The van der Waals surface area contributed by atoms with Gasteiger partial charge in [-0.3, -0.25) is 4.90 Å². The third kappa shape index (κ3) is 4.99. The van der Waals surface area contributed by atoms with Gasteiger partial charge < -0.3 is 15.4 Å². The van der Waals surface area contributed by atoms with Gasteiger partial charge in [-0.15, -0.1) is 0 Å². The van der Waals surface area contributed by atoms with Crippen LogP contribution in [0.5, 0.6) is 0 Å². The van der Waals surface area contributed by atoms with Crippen molar-refractivity contribution in [2.45, 2.75) is 47.1 Å². The molecule has 0 unspecified atom stereocenters. The number of ether oxygens (including phenoxy) is 1. The highest BCUT2D eigenvalue weighted by atomic mass is 16.5. The number of hydrogen-bond donors (Lipinski definition) is 2. The summed E-state index contributed by atoms with van der Waals surface area (Å²) in [6.45, 7) is 13.1. The topological polar surface area (TPSA) is 70.7 Å². The van der Waals surface area contributed by atoms with Crippen molar-refractivity contribution in [1.82, 2.24) is 15.5 Å². The number of nitrogens with one attached hydrogen (secondary N) is 2. The second-order valence-electron chi connectivity index (χ2n) is 8.64. The van der Waals surface area contributed by atoms with E-state index in [9.17, 15) is 9.59 Å². The summed E-state index contributed by atoms with van der Waals surface area (Å²) >= 11 is 0. The molecule has 6 nitrogen and oxygen atoms in total. The molecule has 2 aliphatic heterocycles. The molecule has 0 aromatic heterocycles. The molecule has 3 rings (SSSR count). The van der Waals surface area contributed by atoms with E-state index in [1.807, 2.05) is 32.0 Å². The molecule has 2 amide bonds. The summed E-state index contributed by atoms with van der Waals surface area (Å²) in [6, 6.07) is 5.30. The van der Waals surface area contributed by atoms with Crippen molar-refractivity contribution in [2.75, 3.05) is 26.2 Å². The number of amides is 2. The van der Waals surface area contributed by atoms with E-state index in [1.54, 1.807) is 6.92 Å². The Labute approximate surface area is 173 Å². The van der Waals surface area contributed by atoms with Gasteiger partial charge in [-0.1, -0.05) is 37.6 Å². The number of aryl methyl sites for hydroxylation is 2. The van der Waals surface area contributed by atoms with E-state index in [1.165, 1.54) is 6.42 Å². The lowest BCUT2D eigenvalue weighted by Gasteiger charge is -2.37. The maximum absolute atomic E-state index is 13.0. The van der Waals surface area contributed by atoms with Crippen LogP contribution in [-0.4, -0.2) is 43.1 Å². The Balaban J connectivity index is 2.02. The van der Waals surface area contributed by atoms with E-state index in [2.05, 4.69) is 29.4 Å². The van der Waals surface area contributed by atoms with Crippen molar-refractivity contribution in [2.24, 2.45) is 11.8 Å². The van der Waals surface area contributed by atoms with E-state index in [0.717, 1.165) is 29.8 Å². The third-order valence-electron chi connectivity index (χ3n) is 5.72. The van der Waals surface area contributed by atoms with Gasteiger partial charge in [0.05, 0.1) is 18.2 Å². The molecule has 0 saturated carbocycles. The number of nitrogens with zero attached hydrogens (tertiary/aromatic N) is 1. The Bertz CT molecular complexity index is 808. The van der Waals surface area contributed by atoms with Crippen LogP contribution in [0, 0.1) is 25.7 Å². The van der Waals surface area contributed by atoms with Crippen LogP contribution >= 0.6 is 0 Å². The zero-order chi connectivity index (χ0) is 21.1. The molecule has 6 heteroatoms. The first-order chi connectivity index (χ1) is 13.8. The van der Waals surface area contributed by atoms with Gasteiger partial charge in [0, 0.05) is 25.3 Å². The predicted molar refractivity (Wildman–Crippen MR) is 113 cm³/mol. The Morgan fingerprint density at radius 1 is 1.21 bits per heavy atom. The number of urea groups is 1. The fourth-order valence-corrected chi connectivity index (χ4v) is 4.64. The summed E-state index contributed by atoms with van der Waals surface area (Å²) in [7, 11) is 0. The molecule has 0 radical (unpaired) electrons. The van der Waals surface area contributed by atoms with Gasteiger partial charge in [0.1, 0.15) is 0 Å². The number of benzene rings is 1. The van der Waals surface area contributed by atoms with Crippen LogP contribution in [0.2, 0.25) is 0 Å². The largest absolute Gasteiger partial charge is 0.463 e. The monoisotopic (exact) mass is 399 g/mol. The Morgan fingerprint density at radius 3 is 2.55 bits per heavy atom. The SMILES string of the molecule is CCOC(=O)C1=C(CN2C[C@@H](C)C[C@H](C)C2)NC(=O)N[C@H]1c1cc(C)ccc1C. The molecule has 2 aliphatic rings. The summed E-state index contributed by atoms with van der Waals surface area (Å²) in [4.78, 5) is 27.8. The Morgan fingerprint density at radius 2 is 1.90 bits per heavy atom. The van der Waals surface area contributed by atoms with E-state index in [4.69, 9.17) is 4.74 Å².